The zero-order valence-corrected chi connectivity index (χ0v) is 25.6. The zero-order chi connectivity index (χ0) is 30.3. The first-order valence-corrected chi connectivity index (χ1v) is 15.6. The van der Waals surface area contributed by atoms with Gasteiger partial charge in [0.2, 0.25) is 15.9 Å². The zero-order valence-electron chi connectivity index (χ0n) is 23.9. The Hall–Kier alpha value is -3.29. The monoisotopic (exact) mass is 638 g/mol. The van der Waals surface area contributed by atoms with E-state index < -0.39 is 39.7 Å². The third kappa shape index (κ3) is 10.4. The average Bonchev–Trinajstić information content (AvgIpc) is 2.95. The van der Waals surface area contributed by atoms with E-state index in [-0.39, 0.29) is 24.1 Å². The van der Waals surface area contributed by atoms with Crippen LogP contribution in [0.5, 0.6) is 11.5 Å². The molecule has 4 rings (SSSR count). The summed E-state index contributed by atoms with van der Waals surface area (Å²) in [6.45, 7) is 4.07. The van der Waals surface area contributed by atoms with Gasteiger partial charge in [0.1, 0.15) is 29.2 Å². The molecule has 0 bridgehead atoms. The van der Waals surface area contributed by atoms with Gasteiger partial charge in [-0.15, -0.1) is 12.4 Å². The van der Waals surface area contributed by atoms with Gasteiger partial charge in [-0.25, -0.2) is 17.2 Å². The van der Waals surface area contributed by atoms with Crippen LogP contribution >= 0.6 is 12.4 Å². The Morgan fingerprint density at radius 3 is 2.19 bits per heavy atom. The quantitative estimate of drug-likeness (QED) is 0.223. The minimum atomic E-state index is -3.34. The lowest BCUT2D eigenvalue weighted by molar-refractivity contribution is -0.121. The number of anilines is 2. The van der Waals surface area contributed by atoms with Crippen molar-refractivity contribution in [1.82, 2.24) is 10.2 Å². The molecule has 1 heterocycles. The van der Waals surface area contributed by atoms with Crippen LogP contribution in [0.1, 0.15) is 31.7 Å². The molecule has 3 aromatic carbocycles. The fraction of sp³-hybridized carbons (Fsp3) is 0.367. The number of sulfonamides is 1. The highest BCUT2D eigenvalue weighted by Crippen LogP contribution is 2.25. The highest BCUT2D eigenvalue weighted by Gasteiger charge is 2.30. The van der Waals surface area contributed by atoms with Crippen LogP contribution in [0.15, 0.2) is 66.7 Å². The summed E-state index contributed by atoms with van der Waals surface area (Å²) in [6, 6.07) is 16.4. The molecule has 234 valence electrons. The van der Waals surface area contributed by atoms with Crippen molar-refractivity contribution in [2.24, 2.45) is 0 Å². The number of aliphatic hydroxyl groups excluding tert-OH is 1. The van der Waals surface area contributed by atoms with Gasteiger partial charge in [-0.1, -0.05) is 19.1 Å². The summed E-state index contributed by atoms with van der Waals surface area (Å²) in [5.41, 5.74) is 1.43. The standard InChI is InChI=1S/C30H36F2N4O5S.ClH/c1-3-28(37)29(30(38)34-27-13-6-21(31)18-26(27)32)33-22-14-16-36(17-15-22)19-20-4-9-24(10-5-20)41-25-11-7-23(8-12-25)35-42(2,39)40;/h4-13,18,22,28-29,33,35,37H,3,14-17,19H2,1-2H3,(H,34,38);1H. The van der Waals surface area contributed by atoms with E-state index in [0.717, 1.165) is 56.4 Å². The second-order valence-electron chi connectivity index (χ2n) is 10.4. The molecule has 13 heteroatoms. The van der Waals surface area contributed by atoms with Gasteiger partial charge in [-0.05, 0) is 86.4 Å². The maximum absolute atomic E-state index is 14.0. The fourth-order valence-electron chi connectivity index (χ4n) is 4.77. The van der Waals surface area contributed by atoms with Gasteiger partial charge in [0.15, 0.2) is 0 Å². The summed E-state index contributed by atoms with van der Waals surface area (Å²) >= 11 is 0. The number of hydrogen-bond acceptors (Lipinski definition) is 7. The van der Waals surface area contributed by atoms with Crippen LogP contribution in [0, 0.1) is 11.6 Å². The van der Waals surface area contributed by atoms with Gasteiger partial charge in [0.25, 0.3) is 0 Å². The summed E-state index contributed by atoms with van der Waals surface area (Å²) in [4.78, 5) is 15.2. The molecule has 0 aromatic heterocycles. The smallest absolute Gasteiger partial charge is 0.244 e. The number of benzene rings is 3. The van der Waals surface area contributed by atoms with E-state index in [4.69, 9.17) is 4.74 Å². The van der Waals surface area contributed by atoms with Crippen LogP contribution in [-0.2, 0) is 21.4 Å². The number of rotatable bonds is 12. The minimum absolute atomic E-state index is 0. The number of aliphatic hydroxyl groups is 1. The van der Waals surface area contributed by atoms with Crippen molar-refractivity contribution >= 4 is 39.7 Å². The number of likely N-dealkylation sites (tertiary alicyclic amines) is 1. The molecule has 43 heavy (non-hydrogen) atoms. The summed E-state index contributed by atoms with van der Waals surface area (Å²) < 4.78 is 58.3. The predicted octanol–water partition coefficient (Wildman–Crippen LogP) is 4.88. The number of hydrogen-bond donors (Lipinski definition) is 4. The lowest BCUT2D eigenvalue weighted by Crippen LogP contribution is -2.54. The van der Waals surface area contributed by atoms with Crippen molar-refractivity contribution in [3.63, 3.8) is 0 Å². The predicted molar refractivity (Wildman–Crippen MR) is 165 cm³/mol. The normalized spacial score (nSPS) is 15.7. The number of nitrogens with zero attached hydrogens (tertiary/aromatic N) is 1. The van der Waals surface area contributed by atoms with E-state index in [9.17, 15) is 27.1 Å². The second-order valence-corrected chi connectivity index (χ2v) is 12.2. The van der Waals surface area contributed by atoms with Crippen LogP contribution in [0.25, 0.3) is 0 Å². The molecule has 0 aliphatic carbocycles. The van der Waals surface area contributed by atoms with Crippen molar-refractivity contribution in [3.8, 4) is 11.5 Å². The molecule has 1 amide bonds. The molecule has 3 aromatic rings. The molecule has 2 atom stereocenters. The first-order valence-electron chi connectivity index (χ1n) is 13.8. The summed E-state index contributed by atoms with van der Waals surface area (Å²) in [6.07, 6.45) is 1.99. The van der Waals surface area contributed by atoms with Crippen LogP contribution in [0.2, 0.25) is 0 Å². The number of amides is 1. The average molecular weight is 639 g/mol. The van der Waals surface area contributed by atoms with Crippen molar-refractivity contribution < 1.29 is 31.8 Å². The van der Waals surface area contributed by atoms with Crippen LogP contribution in [0.4, 0.5) is 20.2 Å². The van der Waals surface area contributed by atoms with E-state index in [1.54, 1.807) is 31.2 Å². The molecule has 9 nitrogen and oxygen atoms in total. The molecule has 2 unspecified atom stereocenters. The van der Waals surface area contributed by atoms with Crippen molar-refractivity contribution in [1.29, 1.82) is 0 Å². The number of halogens is 3. The first-order chi connectivity index (χ1) is 20.0. The maximum atomic E-state index is 14.0. The van der Waals surface area contributed by atoms with E-state index in [1.165, 1.54) is 0 Å². The van der Waals surface area contributed by atoms with Crippen molar-refractivity contribution in [3.05, 3.63) is 83.9 Å². The molecule has 0 saturated carbocycles. The van der Waals surface area contributed by atoms with Gasteiger partial charge in [-0.2, -0.15) is 0 Å². The number of carbonyl (C=O) groups is 1. The van der Waals surface area contributed by atoms with Crippen LogP contribution in [0.3, 0.4) is 0 Å². The van der Waals surface area contributed by atoms with Gasteiger partial charge in [0.05, 0.1) is 18.0 Å². The SMILES string of the molecule is CCC(O)C(NC1CCN(Cc2ccc(Oc3ccc(NS(C)(=O)=O)cc3)cc2)CC1)C(=O)Nc1ccc(F)cc1F.Cl. The molecule has 1 aliphatic rings. The molecule has 1 aliphatic heterocycles. The van der Waals surface area contributed by atoms with Crippen LogP contribution in [-0.4, -0.2) is 61.9 Å². The Kier molecular flexibility index (Phi) is 12.3. The lowest BCUT2D eigenvalue weighted by Gasteiger charge is -2.35. The molecular formula is C30H37ClF2N4O5S. The highest BCUT2D eigenvalue weighted by atomic mass is 35.5. The van der Waals surface area contributed by atoms with E-state index in [0.29, 0.717) is 29.7 Å². The largest absolute Gasteiger partial charge is 0.457 e. The Morgan fingerprint density at radius 1 is 1.02 bits per heavy atom. The van der Waals surface area contributed by atoms with E-state index in [1.807, 2.05) is 24.3 Å². The van der Waals surface area contributed by atoms with Gasteiger partial charge in [-0.3, -0.25) is 14.4 Å². The Bertz CT molecular complexity index is 1450. The Morgan fingerprint density at radius 2 is 1.63 bits per heavy atom. The topological polar surface area (TPSA) is 120 Å². The number of piperidine rings is 1. The van der Waals surface area contributed by atoms with Crippen molar-refractivity contribution in [2.45, 2.75) is 50.9 Å². The number of nitrogens with one attached hydrogen (secondary N) is 3. The molecule has 4 N–H and O–H groups in total. The Labute approximate surface area is 257 Å². The lowest BCUT2D eigenvalue weighted by atomic mass is 10.00. The number of ether oxygens (including phenoxy) is 1. The van der Waals surface area contributed by atoms with Gasteiger partial charge < -0.3 is 20.5 Å². The van der Waals surface area contributed by atoms with Crippen LogP contribution < -0.4 is 20.1 Å². The Balaban J connectivity index is 0.00000506. The third-order valence-electron chi connectivity index (χ3n) is 7.00. The minimum Gasteiger partial charge on any atom is -0.457 e. The van der Waals surface area contributed by atoms with E-state index >= 15 is 0 Å². The molecule has 1 saturated heterocycles. The molecule has 0 radical (unpaired) electrons. The van der Waals surface area contributed by atoms with E-state index in [2.05, 4.69) is 20.3 Å². The second kappa shape index (κ2) is 15.4. The molecule has 1 fully saturated rings. The van der Waals surface area contributed by atoms with Gasteiger partial charge >= 0.3 is 0 Å². The van der Waals surface area contributed by atoms with Gasteiger partial charge in [0, 0.05) is 24.3 Å². The summed E-state index contributed by atoms with van der Waals surface area (Å²) in [5.74, 6) is -0.942. The third-order valence-corrected chi connectivity index (χ3v) is 7.61. The summed E-state index contributed by atoms with van der Waals surface area (Å²) in [7, 11) is -3.34. The summed E-state index contributed by atoms with van der Waals surface area (Å²) in [5, 5.41) is 16.2. The number of carbonyl (C=O) groups excluding carboxylic acids is 1. The first kappa shape index (κ1) is 34.2. The molecular weight excluding hydrogens is 602 g/mol. The molecule has 0 spiro atoms. The fourth-order valence-corrected chi connectivity index (χ4v) is 5.34. The highest BCUT2D eigenvalue weighted by molar-refractivity contribution is 7.92. The maximum Gasteiger partial charge on any atom is 0.244 e. The van der Waals surface area contributed by atoms with Crippen molar-refractivity contribution in [2.75, 3.05) is 29.4 Å².